The molecule has 1 saturated carbocycles. The highest BCUT2D eigenvalue weighted by Crippen LogP contribution is 2.37. The molecule has 0 saturated heterocycles. The summed E-state index contributed by atoms with van der Waals surface area (Å²) in [5, 5.41) is 8.95. The highest BCUT2D eigenvalue weighted by atomic mass is 16.5. The molecule has 118 valence electrons. The van der Waals surface area contributed by atoms with E-state index in [1.54, 1.807) is 10.7 Å². The lowest BCUT2D eigenvalue weighted by Gasteiger charge is -2.34. The Kier molecular flexibility index (Phi) is 3.05. The lowest BCUT2D eigenvalue weighted by molar-refractivity contribution is 0.229. The number of nitrogens with zero attached hydrogens (tertiary/aromatic N) is 4. The SMILES string of the molecule is CCn1nc(-c2nc(C3(N)CCC3)no2)c(=O)c2ccccc21. The van der Waals surface area contributed by atoms with Gasteiger partial charge in [-0.25, -0.2) is 0 Å². The maximum Gasteiger partial charge on any atom is 0.282 e. The van der Waals surface area contributed by atoms with Crippen molar-refractivity contribution < 1.29 is 4.52 Å². The lowest BCUT2D eigenvalue weighted by atomic mass is 9.77. The molecule has 0 radical (unpaired) electrons. The van der Waals surface area contributed by atoms with Gasteiger partial charge in [0.05, 0.1) is 11.1 Å². The van der Waals surface area contributed by atoms with Crippen molar-refractivity contribution in [2.75, 3.05) is 0 Å². The Morgan fingerprint density at radius 3 is 2.83 bits per heavy atom. The van der Waals surface area contributed by atoms with Crippen LogP contribution in [0.15, 0.2) is 33.6 Å². The van der Waals surface area contributed by atoms with Crippen molar-refractivity contribution in [3.8, 4) is 11.6 Å². The Hall–Kier alpha value is -2.54. The third kappa shape index (κ3) is 2.08. The molecule has 0 amide bonds. The first-order valence-electron chi connectivity index (χ1n) is 7.76. The molecule has 1 aromatic carbocycles. The fraction of sp³-hybridized carbons (Fsp3) is 0.375. The van der Waals surface area contributed by atoms with E-state index in [4.69, 9.17) is 10.3 Å². The Balaban J connectivity index is 1.89. The first kappa shape index (κ1) is 14.1. The minimum Gasteiger partial charge on any atom is -0.332 e. The van der Waals surface area contributed by atoms with Crippen molar-refractivity contribution in [1.29, 1.82) is 0 Å². The van der Waals surface area contributed by atoms with Gasteiger partial charge in [-0.3, -0.25) is 9.48 Å². The maximum atomic E-state index is 12.7. The number of fused-ring (bicyclic) bond motifs is 1. The number of aryl methyl sites for hydroxylation is 1. The number of hydrogen-bond acceptors (Lipinski definition) is 6. The molecule has 2 N–H and O–H groups in total. The van der Waals surface area contributed by atoms with Crippen LogP contribution in [-0.4, -0.2) is 19.9 Å². The lowest BCUT2D eigenvalue weighted by Crippen LogP contribution is -2.44. The van der Waals surface area contributed by atoms with Gasteiger partial charge in [0.1, 0.15) is 0 Å². The molecule has 1 aliphatic carbocycles. The molecule has 4 rings (SSSR count). The van der Waals surface area contributed by atoms with Gasteiger partial charge in [0.25, 0.3) is 5.89 Å². The van der Waals surface area contributed by atoms with E-state index in [9.17, 15) is 4.79 Å². The maximum absolute atomic E-state index is 12.7. The summed E-state index contributed by atoms with van der Waals surface area (Å²) in [5.74, 6) is 0.589. The smallest absolute Gasteiger partial charge is 0.282 e. The highest BCUT2D eigenvalue weighted by Gasteiger charge is 2.39. The van der Waals surface area contributed by atoms with Crippen LogP contribution in [0.1, 0.15) is 32.0 Å². The van der Waals surface area contributed by atoms with E-state index in [-0.39, 0.29) is 17.0 Å². The van der Waals surface area contributed by atoms with Crippen molar-refractivity contribution in [2.45, 2.75) is 38.3 Å². The van der Waals surface area contributed by atoms with E-state index in [1.165, 1.54) is 0 Å². The average molecular weight is 311 g/mol. The molecule has 0 unspecified atom stereocenters. The Morgan fingerprint density at radius 2 is 2.13 bits per heavy atom. The summed E-state index contributed by atoms with van der Waals surface area (Å²) in [5.41, 5.74) is 6.44. The van der Waals surface area contributed by atoms with Crippen LogP contribution in [0.4, 0.5) is 0 Å². The van der Waals surface area contributed by atoms with E-state index >= 15 is 0 Å². The summed E-state index contributed by atoms with van der Waals surface area (Å²) < 4.78 is 7.05. The largest absolute Gasteiger partial charge is 0.332 e. The molecular formula is C16H17N5O2. The molecule has 2 heterocycles. The molecule has 0 spiro atoms. The third-order valence-corrected chi connectivity index (χ3v) is 4.48. The van der Waals surface area contributed by atoms with Gasteiger partial charge in [-0.05, 0) is 38.3 Å². The number of para-hydroxylation sites is 1. The molecule has 1 aliphatic rings. The summed E-state index contributed by atoms with van der Waals surface area (Å²) in [7, 11) is 0. The van der Waals surface area contributed by atoms with E-state index in [1.807, 2.05) is 25.1 Å². The number of aromatic nitrogens is 4. The molecule has 0 aliphatic heterocycles. The second-order valence-electron chi connectivity index (χ2n) is 5.94. The van der Waals surface area contributed by atoms with Crippen LogP contribution in [-0.2, 0) is 12.1 Å². The number of rotatable bonds is 3. The van der Waals surface area contributed by atoms with Crippen molar-refractivity contribution in [1.82, 2.24) is 19.9 Å². The van der Waals surface area contributed by atoms with E-state index in [0.29, 0.717) is 17.8 Å². The molecule has 2 aromatic heterocycles. The highest BCUT2D eigenvalue weighted by molar-refractivity contribution is 5.81. The van der Waals surface area contributed by atoms with Gasteiger partial charge < -0.3 is 10.3 Å². The molecule has 7 heteroatoms. The summed E-state index contributed by atoms with van der Waals surface area (Å²) in [6, 6.07) is 7.37. The minimum atomic E-state index is -0.525. The predicted octanol–water partition coefficient (Wildman–Crippen LogP) is 1.80. The van der Waals surface area contributed by atoms with Crippen molar-refractivity contribution >= 4 is 10.9 Å². The van der Waals surface area contributed by atoms with Crippen LogP contribution < -0.4 is 11.2 Å². The Labute approximate surface area is 132 Å². The van der Waals surface area contributed by atoms with E-state index in [0.717, 1.165) is 24.8 Å². The van der Waals surface area contributed by atoms with E-state index < -0.39 is 5.54 Å². The topological polar surface area (TPSA) is 99.8 Å². The first-order valence-corrected chi connectivity index (χ1v) is 7.76. The van der Waals surface area contributed by atoms with Gasteiger partial charge in [0.15, 0.2) is 11.5 Å². The molecule has 23 heavy (non-hydrogen) atoms. The van der Waals surface area contributed by atoms with Gasteiger partial charge in [-0.2, -0.15) is 10.1 Å². The summed E-state index contributed by atoms with van der Waals surface area (Å²) in [6.45, 7) is 2.60. The average Bonchev–Trinajstić information content (AvgIpc) is 3.03. The number of hydrogen-bond donors (Lipinski definition) is 1. The van der Waals surface area contributed by atoms with Crippen LogP contribution in [0.5, 0.6) is 0 Å². The zero-order chi connectivity index (χ0) is 16.0. The number of nitrogens with two attached hydrogens (primary N) is 1. The molecule has 0 bridgehead atoms. The van der Waals surface area contributed by atoms with Gasteiger partial charge >= 0.3 is 0 Å². The monoisotopic (exact) mass is 311 g/mol. The predicted molar refractivity (Wildman–Crippen MR) is 84.7 cm³/mol. The molecule has 3 aromatic rings. The van der Waals surface area contributed by atoms with Crippen LogP contribution in [0.25, 0.3) is 22.5 Å². The molecule has 7 nitrogen and oxygen atoms in total. The Bertz CT molecular complexity index is 939. The first-order chi connectivity index (χ1) is 11.1. The fourth-order valence-electron chi connectivity index (χ4n) is 2.92. The van der Waals surface area contributed by atoms with Crippen LogP contribution >= 0.6 is 0 Å². The van der Waals surface area contributed by atoms with Crippen LogP contribution in [0.3, 0.4) is 0 Å². The van der Waals surface area contributed by atoms with E-state index in [2.05, 4.69) is 15.2 Å². The summed E-state index contributed by atoms with van der Waals surface area (Å²) >= 11 is 0. The second kappa shape index (κ2) is 4.99. The number of benzene rings is 1. The molecule has 0 atom stereocenters. The van der Waals surface area contributed by atoms with Gasteiger partial charge in [0, 0.05) is 11.9 Å². The van der Waals surface area contributed by atoms with Crippen molar-refractivity contribution in [3.63, 3.8) is 0 Å². The zero-order valence-corrected chi connectivity index (χ0v) is 12.8. The zero-order valence-electron chi connectivity index (χ0n) is 12.8. The van der Waals surface area contributed by atoms with Crippen LogP contribution in [0.2, 0.25) is 0 Å². The third-order valence-electron chi connectivity index (χ3n) is 4.48. The minimum absolute atomic E-state index is 0.134. The summed E-state index contributed by atoms with van der Waals surface area (Å²) in [4.78, 5) is 17.0. The van der Waals surface area contributed by atoms with Crippen molar-refractivity contribution in [3.05, 3.63) is 40.3 Å². The standard InChI is InChI=1S/C16H17N5O2/c1-2-21-11-7-4-3-6-10(11)13(22)12(19-21)14-18-15(20-23-14)16(17)8-5-9-16/h3-4,6-7H,2,5,8-9,17H2,1H3. The van der Waals surface area contributed by atoms with Gasteiger partial charge in [-0.15, -0.1) is 0 Å². The molecule has 1 fully saturated rings. The molecular weight excluding hydrogens is 294 g/mol. The van der Waals surface area contributed by atoms with Crippen molar-refractivity contribution in [2.24, 2.45) is 5.73 Å². The van der Waals surface area contributed by atoms with Crippen LogP contribution in [0, 0.1) is 0 Å². The second-order valence-corrected chi connectivity index (χ2v) is 5.94. The Morgan fingerprint density at radius 1 is 1.35 bits per heavy atom. The fourth-order valence-corrected chi connectivity index (χ4v) is 2.92. The normalized spacial score (nSPS) is 16.4. The summed E-state index contributed by atoms with van der Waals surface area (Å²) in [6.07, 6.45) is 2.71. The van der Waals surface area contributed by atoms with Gasteiger partial charge in [-0.1, -0.05) is 17.3 Å². The quantitative estimate of drug-likeness (QED) is 0.791. The van der Waals surface area contributed by atoms with Gasteiger partial charge in [0.2, 0.25) is 5.43 Å².